The van der Waals surface area contributed by atoms with Gasteiger partial charge < -0.3 is 14.7 Å². The monoisotopic (exact) mass is 349 g/mol. The molecular weight excluding hydrogens is 325 g/mol. The highest BCUT2D eigenvalue weighted by Gasteiger charge is 2.49. The first-order chi connectivity index (χ1) is 11.9. The summed E-state index contributed by atoms with van der Waals surface area (Å²) in [7, 11) is 1.59. The molecule has 1 aliphatic carbocycles. The van der Waals surface area contributed by atoms with Crippen molar-refractivity contribution in [2.45, 2.75) is 50.7 Å². The summed E-state index contributed by atoms with van der Waals surface area (Å²) in [6.45, 7) is 0.429. The molecule has 1 N–H and O–H groups in total. The molecule has 2 atom stereocenters. The van der Waals surface area contributed by atoms with E-state index in [1.165, 1.54) is 12.1 Å². The largest absolute Gasteiger partial charge is 0.481 e. The molecule has 1 saturated heterocycles. The van der Waals surface area contributed by atoms with Crippen LogP contribution in [0.25, 0.3) is 0 Å². The van der Waals surface area contributed by atoms with E-state index in [4.69, 9.17) is 9.84 Å². The molecule has 136 valence electrons. The molecule has 0 radical (unpaired) electrons. The van der Waals surface area contributed by atoms with Gasteiger partial charge in [-0.15, -0.1) is 0 Å². The molecule has 1 saturated carbocycles. The van der Waals surface area contributed by atoms with Gasteiger partial charge in [-0.3, -0.25) is 9.59 Å². The summed E-state index contributed by atoms with van der Waals surface area (Å²) >= 11 is 0. The number of amides is 1. The zero-order valence-electron chi connectivity index (χ0n) is 14.4. The molecule has 0 bridgehead atoms. The Kier molecular flexibility index (Phi) is 5.08. The van der Waals surface area contributed by atoms with Gasteiger partial charge in [-0.2, -0.15) is 0 Å². The van der Waals surface area contributed by atoms with Crippen molar-refractivity contribution in [2.75, 3.05) is 13.7 Å². The molecular formula is C19H24FNO4. The number of hydrogen-bond donors (Lipinski definition) is 1. The molecule has 25 heavy (non-hydrogen) atoms. The normalized spacial score (nSPS) is 24.8. The molecule has 5 nitrogen and oxygen atoms in total. The van der Waals surface area contributed by atoms with Crippen LogP contribution in [0.5, 0.6) is 0 Å². The molecule has 0 aromatic heterocycles. The highest BCUT2D eigenvalue weighted by atomic mass is 19.1. The van der Waals surface area contributed by atoms with Crippen LogP contribution in [0.4, 0.5) is 4.39 Å². The first-order valence-electron chi connectivity index (χ1n) is 8.73. The average molecular weight is 349 g/mol. The van der Waals surface area contributed by atoms with Crippen LogP contribution < -0.4 is 0 Å². The van der Waals surface area contributed by atoms with Crippen molar-refractivity contribution in [3.63, 3.8) is 0 Å². The molecule has 3 rings (SSSR count). The Labute approximate surface area is 146 Å². The summed E-state index contributed by atoms with van der Waals surface area (Å²) in [4.78, 5) is 26.1. The number of halogens is 1. The summed E-state index contributed by atoms with van der Waals surface area (Å²) < 4.78 is 18.9. The Bertz CT molecular complexity index is 659. The third kappa shape index (κ3) is 3.68. The van der Waals surface area contributed by atoms with Gasteiger partial charge in [0.05, 0.1) is 17.9 Å². The van der Waals surface area contributed by atoms with Crippen LogP contribution in [0.2, 0.25) is 0 Å². The number of carboxylic acids is 1. The third-order valence-electron chi connectivity index (χ3n) is 5.58. The van der Waals surface area contributed by atoms with E-state index in [-0.39, 0.29) is 30.3 Å². The standard InChI is InChI=1S/C19H24FNO4/c1-25-16-9-15(10-17(22)23)21(12-16)18(24)19(6-3-7-19)11-13-4-2-5-14(20)8-13/h2,4-5,8,15-16H,3,6-7,9-12H2,1H3,(H,22,23). The lowest BCUT2D eigenvalue weighted by atomic mass is 9.64. The molecule has 1 heterocycles. The number of carboxylic acid groups (broad SMARTS) is 1. The highest BCUT2D eigenvalue weighted by molar-refractivity contribution is 5.85. The molecule has 1 amide bonds. The van der Waals surface area contributed by atoms with Gasteiger partial charge in [0.2, 0.25) is 5.91 Å². The summed E-state index contributed by atoms with van der Waals surface area (Å²) in [5.41, 5.74) is 0.276. The van der Waals surface area contributed by atoms with Gasteiger partial charge in [-0.1, -0.05) is 18.6 Å². The van der Waals surface area contributed by atoms with Gasteiger partial charge in [0, 0.05) is 19.7 Å². The van der Waals surface area contributed by atoms with E-state index in [0.29, 0.717) is 19.4 Å². The number of hydrogen-bond acceptors (Lipinski definition) is 3. The average Bonchev–Trinajstić information content (AvgIpc) is 2.92. The fourth-order valence-corrected chi connectivity index (χ4v) is 4.10. The molecule has 6 heteroatoms. The van der Waals surface area contributed by atoms with Crippen LogP contribution in [-0.2, 0) is 20.7 Å². The van der Waals surface area contributed by atoms with Crippen molar-refractivity contribution in [1.82, 2.24) is 4.90 Å². The lowest BCUT2D eigenvalue weighted by molar-refractivity contribution is -0.150. The molecule has 1 aliphatic heterocycles. The first-order valence-corrected chi connectivity index (χ1v) is 8.73. The number of rotatable bonds is 6. The number of benzene rings is 1. The minimum atomic E-state index is -0.910. The van der Waals surface area contributed by atoms with Gasteiger partial charge in [0.15, 0.2) is 0 Å². The number of nitrogens with zero attached hydrogens (tertiary/aromatic N) is 1. The Morgan fingerprint density at radius 3 is 2.72 bits per heavy atom. The molecule has 2 unspecified atom stereocenters. The van der Waals surface area contributed by atoms with Crippen LogP contribution >= 0.6 is 0 Å². The van der Waals surface area contributed by atoms with E-state index in [9.17, 15) is 14.0 Å². The van der Waals surface area contributed by atoms with Gasteiger partial charge >= 0.3 is 5.97 Å². The van der Waals surface area contributed by atoms with E-state index in [2.05, 4.69) is 0 Å². The molecule has 1 aromatic rings. The highest BCUT2D eigenvalue weighted by Crippen LogP contribution is 2.46. The molecule has 0 spiro atoms. The second-order valence-corrected chi connectivity index (χ2v) is 7.24. The topological polar surface area (TPSA) is 66.8 Å². The number of likely N-dealkylation sites (tertiary alicyclic amines) is 1. The van der Waals surface area contributed by atoms with Crippen LogP contribution in [0.3, 0.4) is 0 Å². The van der Waals surface area contributed by atoms with Gasteiger partial charge in [0.1, 0.15) is 5.82 Å². The smallest absolute Gasteiger partial charge is 0.305 e. The molecule has 2 fully saturated rings. The maximum Gasteiger partial charge on any atom is 0.305 e. The van der Waals surface area contributed by atoms with Crippen LogP contribution in [0, 0.1) is 11.2 Å². The van der Waals surface area contributed by atoms with E-state index < -0.39 is 11.4 Å². The predicted octanol–water partition coefficient (Wildman–Crippen LogP) is 2.63. The minimum Gasteiger partial charge on any atom is -0.481 e. The minimum absolute atomic E-state index is 0.00573. The third-order valence-corrected chi connectivity index (χ3v) is 5.58. The van der Waals surface area contributed by atoms with E-state index in [0.717, 1.165) is 24.8 Å². The number of methoxy groups -OCH3 is 1. The molecule has 1 aromatic carbocycles. The molecule has 2 aliphatic rings. The maximum absolute atomic E-state index is 13.5. The maximum atomic E-state index is 13.5. The lowest BCUT2D eigenvalue weighted by Crippen LogP contribution is -2.51. The van der Waals surface area contributed by atoms with Crippen molar-refractivity contribution in [2.24, 2.45) is 5.41 Å². The van der Waals surface area contributed by atoms with Crippen molar-refractivity contribution in [3.05, 3.63) is 35.6 Å². The number of aliphatic carboxylic acids is 1. The van der Waals surface area contributed by atoms with Crippen molar-refractivity contribution < 1.29 is 23.8 Å². The van der Waals surface area contributed by atoms with Gasteiger partial charge in [0.25, 0.3) is 0 Å². The number of carbonyl (C=O) groups is 2. The Morgan fingerprint density at radius 2 is 2.16 bits per heavy atom. The zero-order valence-corrected chi connectivity index (χ0v) is 14.4. The SMILES string of the molecule is COC1CC(CC(=O)O)N(C(=O)C2(Cc3cccc(F)c3)CCC2)C1. The van der Waals surface area contributed by atoms with E-state index in [1.807, 2.05) is 6.07 Å². The van der Waals surface area contributed by atoms with Crippen LogP contribution in [0.1, 0.15) is 37.7 Å². The van der Waals surface area contributed by atoms with Gasteiger partial charge in [-0.05, 0) is 43.4 Å². The first kappa shape index (κ1) is 17.9. The Morgan fingerprint density at radius 1 is 1.40 bits per heavy atom. The quantitative estimate of drug-likeness (QED) is 0.857. The second kappa shape index (κ2) is 7.12. The summed E-state index contributed by atoms with van der Waals surface area (Å²) in [5, 5.41) is 9.15. The summed E-state index contributed by atoms with van der Waals surface area (Å²) in [5.74, 6) is -1.22. The Balaban J connectivity index is 1.79. The Hall–Kier alpha value is -1.95. The zero-order chi connectivity index (χ0) is 18.0. The van der Waals surface area contributed by atoms with E-state index in [1.54, 1.807) is 18.1 Å². The van der Waals surface area contributed by atoms with Crippen molar-refractivity contribution >= 4 is 11.9 Å². The predicted molar refractivity (Wildman–Crippen MR) is 89.6 cm³/mol. The second-order valence-electron chi connectivity index (χ2n) is 7.24. The number of carbonyl (C=O) groups excluding carboxylic acids is 1. The summed E-state index contributed by atoms with van der Waals surface area (Å²) in [6.07, 6.45) is 3.34. The van der Waals surface area contributed by atoms with Crippen molar-refractivity contribution in [3.8, 4) is 0 Å². The van der Waals surface area contributed by atoms with Crippen LogP contribution in [-0.4, -0.2) is 47.7 Å². The van der Waals surface area contributed by atoms with Gasteiger partial charge in [-0.25, -0.2) is 4.39 Å². The van der Waals surface area contributed by atoms with Crippen molar-refractivity contribution in [1.29, 1.82) is 0 Å². The summed E-state index contributed by atoms with van der Waals surface area (Å²) in [6, 6.07) is 6.04. The van der Waals surface area contributed by atoms with E-state index >= 15 is 0 Å². The lowest BCUT2D eigenvalue weighted by Gasteiger charge is -2.44. The fourth-order valence-electron chi connectivity index (χ4n) is 4.10. The van der Waals surface area contributed by atoms with Crippen LogP contribution in [0.15, 0.2) is 24.3 Å². The number of ether oxygens (including phenoxy) is 1. The fraction of sp³-hybridized carbons (Fsp3) is 0.579.